The minimum atomic E-state index is -5.14. The Bertz CT molecular complexity index is 1520. The number of rotatable bonds is 10. The molecule has 1 aromatic heterocycles. The van der Waals surface area contributed by atoms with Crippen LogP contribution in [0.1, 0.15) is 64.3 Å². The van der Waals surface area contributed by atoms with Crippen LogP contribution in [0.25, 0.3) is 0 Å². The predicted molar refractivity (Wildman–Crippen MR) is 155 cm³/mol. The minimum absolute atomic E-state index is 0.000751. The summed E-state index contributed by atoms with van der Waals surface area (Å²) in [6.45, 7) is -0.374. The van der Waals surface area contributed by atoms with E-state index < -0.39 is 24.6 Å². The van der Waals surface area contributed by atoms with E-state index in [0.29, 0.717) is 16.5 Å². The van der Waals surface area contributed by atoms with Crippen LogP contribution in [0.15, 0.2) is 97.2 Å². The Morgan fingerprint density at radius 3 is 2.09 bits per heavy atom. The van der Waals surface area contributed by atoms with Crippen LogP contribution >= 0.6 is 0 Å². The van der Waals surface area contributed by atoms with E-state index >= 15 is 0 Å². The summed E-state index contributed by atoms with van der Waals surface area (Å²) in [4.78, 5) is 30.7. The molecule has 0 bridgehead atoms. The Morgan fingerprint density at radius 1 is 0.837 bits per heavy atom. The van der Waals surface area contributed by atoms with Crippen molar-refractivity contribution in [2.75, 3.05) is 4.90 Å². The first kappa shape index (κ1) is 29.8. The van der Waals surface area contributed by atoms with Gasteiger partial charge in [-0.25, -0.2) is 4.79 Å². The van der Waals surface area contributed by atoms with Crippen LogP contribution in [0.5, 0.6) is 5.75 Å². The van der Waals surface area contributed by atoms with Gasteiger partial charge in [0.15, 0.2) is 0 Å². The van der Waals surface area contributed by atoms with E-state index in [9.17, 15) is 22.8 Å². The average Bonchev–Trinajstić information content (AvgIpc) is 3.57. The molecule has 6 nitrogen and oxygen atoms in total. The lowest BCUT2D eigenvalue weighted by atomic mass is 9.99. The highest BCUT2D eigenvalue weighted by molar-refractivity contribution is 5.99. The van der Waals surface area contributed by atoms with Crippen molar-refractivity contribution >= 4 is 17.6 Å². The monoisotopic (exact) mass is 588 g/mol. The van der Waals surface area contributed by atoms with Crippen molar-refractivity contribution in [2.45, 2.75) is 57.5 Å². The van der Waals surface area contributed by atoms with Crippen LogP contribution in [-0.4, -0.2) is 23.0 Å². The lowest BCUT2D eigenvalue weighted by Crippen LogP contribution is -2.41. The van der Waals surface area contributed by atoms with E-state index in [2.05, 4.69) is 4.98 Å². The largest absolute Gasteiger partial charge is 0.488 e. The summed E-state index contributed by atoms with van der Waals surface area (Å²) < 4.78 is 52.7. The summed E-state index contributed by atoms with van der Waals surface area (Å²) in [7, 11) is 0. The SMILES string of the molecule is O=C(OCc1ccccc1)c1ccc(N(Cc2ccc(C3CCCC3)cn2)C(=O)C(F)(F)F)cc1OCc1ccccc1. The van der Waals surface area contributed by atoms with Gasteiger partial charge in [0.05, 0.1) is 12.2 Å². The third-order valence-electron chi connectivity index (χ3n) is 7.43. The second-order valence-electron chi connectivity index (χ2n) is 10.5. The van der Waals surface area contributed by atoms with Crippen LogP contribution < -0.4 is 9.64 Å². The van der Waals surface area contributed by atoms with Crippen molar-refractivity contribution in [1.29, 1.82) is 0 Å². The van der Waals surface area contributed by atoms with E-state index in [4.69, 9.17) is 9.47 Å². The van der Waals surface area contributed by atoms with Gasteiger partial charge in [-0.15, -0.1) is 0 Å². The molecule has 222 valence electrons. The van der Waals surface area contributed by atoms with Gasteiger partial charge in [0, 0.05) is 18.0 Å². The van der Waals surface area contributed by atoms with E-state index in [1.807, 2.05) is 54.6 Å². The van der Waals surface area contributed by atoms with Crippen LogP contribution in [0.3, 0.4) is 0 Å². The van der Waals surface area contributed by atoms with Crippen molar-refractivity contribution in [3.63, 3.8) is 0 Å². The van der Waals surface area contributed by atoms with Gasteiger partial charge in [0.25, 0.3) is 0 Å². The summed E-state index contributed by atoms with van der Waals surface area (Å²) in [6.07, 6.45) is 0.955. The van der Waals surface area contributed by atoms with Crippen LogP contribution in [0, 0.1) is 0 Å². The first-order valence-corrected chi connectivity index (χ1v) is 14.1. The standard InChI is InChI=1S/C34H31F3N2O4/c35-34(36,37)33(41)39(21-28-16-15-27(20-38-28)26-13-7-8-14-26)29-17-18-30(32(40)43-23-25-11-5-2-6-12-25)31(19-29)42-22-24-9-3-1-4-10-24/h1-6,9-12,15-20,26H,7-8,13-14,21-23H2. The summed E-state index contributed by atoms with van der Waals surface area (Å²) >= 11 is 0. The van der Waals surface area contributed by atoms with E-state index in [0.717, 1.165) is 42.4 Å². The van der Waals surface area contributed by atoms with E-state index in [1.54, 1.807) is 24.4 Å². The normalized spacial score (nSPS) is 13.5. The molecule has 1 aliphatic rings. The fourth-order valence-electron chi connectivity index (χ4n) is 5.13. The van der Waals surface area contributed by atoms with Gasteiger partial charge >= 0.3 is 18.1 Å². The molecule has 0 N–H and O–H groups in total. The fraction of sp³-hybridized carbons (Fsp3) is 0.265. The maximum Gasteiger partial charge on any atom is 0.471 e. The molecule has 43 heavy (non-hydrogen) atoms. The van der Waals surface area contributed by atoms with Crippen molar-refractivity contribution < 1.29 is 32.2 Å². The highest BCUT2D eigenvalue weighted by Gasteiger charge is 2.43. The Labute approximate surface area is 248 Å². The number of ether oxygens (including phenoxy) is 2. The third kappa shape index (κ3) is 7.80. The second-order valence-corrected chi connectivity index (χ2v) is 10.5. The van der Waals surface area contributed by atoms with Crippen molar-refractivity contribution in [3.05, 3.63) is 125 Å². The number of aromatic nitrogens is 1. The molecule has 5 rings (SSSR count). The zero-order valence-corrected chi connectivity index (χ0v) is 23.4. The number of alkyl halides is 3. The van der Waals surface area contributed by atoms with Gasteiger partial charge < -0.3 is 9.47 Å². The Kier molecular flexibility index (Phi) is 9.39. The fourth-order valence-corrected chi connectivity index (χ4v) is 5.13. The number of carbonyl (C=O) groups excluding carboxylic acids is 2. The maximum absolute atomic E-state index is 13.8. The van der Waals surface area contributed by atoms with Crippen molar-refractivity contribution in [2.24, 2.45) is 0 Å². The van der Waals surface area contributed by atoms with Gasteiger partial charge in [-0.05, 0) is 53.6 Å². The number of nitrogens with zero attached hydrogens (tertiary/aromatic N) is 2. The Morgan fingerprint density at radius 2 is 1.49 bits per heavy atom. The smallest absolute Gasteiger partial charge is 0.471 e. The van der Waals surface area contributed by atoms with Crippen LogP contribution in [0.4, 0.5) is 18.9 Å². The molecule has 1 fully saturated rings. The van der Waals surface area contributed by atoms with E-state index in [1.165, 1.54) is 18.2 Å². The van der Waals surface area contributed by atoms with Gasteiger partial charge in [-0.1, -0.05) is 79.6 Å². The molecule has 1 amide bonds. The first-order valence-electron chi connectivity index (χ1n) is 14.1. The Hall–Kier alpha value is -4.66. The molecular weight excluding hydrogens is 557 g/mol. The number of benzene rings is 3. The minimum Gasteiger partial charge on any atom is -0.488 e. The number of esters is 1. The summed E-state index contributed by atoms with van der Waals surface area (Å²) in [5.74, 6) is -2.38. The Balaban J connectivity index is 1.43. The molecule has 1 saturated carbocycles. The molecule has 9 heteroatoms. The molecule has 1 aliphatic carbocycles. The maximum atomic E-state index is 13.8. The zero-order valence-electron chi connectivity index (χ0n) is 23.4. The first-order chi connectivity index (χ1) is 20.8. The molecular formula is C34H31F3N2O4. The molecule has 1 heterocycles. The lowest BCUT2D eigenvalue weighted by Gasteiger charge is -2.25. The number of halogens is 3. The predicted octanol–water partition coefficient (Wildman–Crippen LogP) is 7.77. The number of anilines is 1. The third-order valence-corrected chi connectivity index (χ3v) is 7.43. The number of carbonyl (C=O) groups is 2. The summed E-state index contributed by atoms with van der Waals surface area (Å²) in [5.41, 5.74) is 2.84. The van der Waals surface area contributed by atoms with Crippen molar-refractivity contribution in [3.8, 4) is 5.75 Å². The zero-order chi connectivity index (χ0) is 30.2. The van der Waals surface area contributed by atoms with Gasteiger partial charge in [0.1, 0.15) is 24.5 Å². The van der Waals surface area contributed by atoms with Crippen molar-refractivity contribution in [1.82, 2.24) is 4.98 Å². The molecule has 0 unspecified atom stereocenters. The highest BCUT2D eigenvalue weighted by Crippen LogP contribution is 2.34. The van der Waals surface area contributed by atoms with Gasteiger partial charge in [-0.3, -0.25) is 14.7 Å². The molecule has 0 aliphatic heterocycles. The van der Waals surface area contributed by atoms with Gasteiger partial charge in [0.2, 0.25) is 0 Å². The van der Waals surface area contributed by atoms with Crippen LogP contribution in [0.2, 0.25) is 0 Å². The molecule has 0 radical (unpaired) electrons. The van der Waals surface area contributed by atoms with E-state index in [-0.39, 0.29) is 30.2 Å². The molecule has 4 aromatic rings. The second kappa shape index (κ2) is 13.5. The topological polar surface area (TPSA) is 68.7 Å². The summed E-state index contributed by atoms with van der Waals surface area (Å²) in [5, 5.41) is 0. The molecule has 0 saturated heterocycles. The number of amides is 1. The highest BCUT2D eigenvalue weighted by atomic mass is 19.4. The lowest BCUT2D eigenvalue weighted by molar-refractivity contribution is -0.170. The summed E-state index contributed by atoms with van der Waals surface area (Å²) in [6, 6.07) is 25.6. The quantitative estimate of drug-likeness (QED) is 0.177. The number of hydrogen-bond acceptors (Lipinski definition) is 5. The average molecular weight is 589 g/mol. The number of hydrogen-bond donors (Lipinski definition) is 0. The van der Waals surface area contributed by atoms with Gasteiger partial charge in [-0.2, -0.15) is 13.2 Å². The van der Waals surface area contributed by atoms with Crippen LogP contribution in [-0.2, 0) is 29.3 Å². The molecule has 0 atom stereocenters. The number of pyridine rings is 1. The molecule has 3 aromatic carbocycles. The molecule has 0 spiro atoms.